The number of methoxy groups -OCH3 is 1. The normalized spacial score (nSPS) is 12.0. The largest absolute Gasteiger partial charge is 0.504 e. The molecule has 2 aromatic carbocycles. The van der Waals surface area contributed by atoms with Crippen molar-refractivity contribution in [3.8, 4) is 17.2 Å². The van der Waals surface area contributed by atoms with Crippen molar-refractivity contribution in [3.63, 3.8) is 0 Å². The van der Waals surface area contributed by atoms with Gasteiger partial charge in [0.1, 0.15) is 5.75 Å². The number of nitrogens with two attached hydrogens (primary N) is 1. The maximum absolute atomic E-state index is 12.4. The van der Waals surface area contributed by atoms with Gasteiger partial charge >= 0.3 is 5.97 Å². The number of rotatable bonds is 6. The molecule has 0 aliphatic carbocycles. The van der Waals surface area contributed by atoms with Gasteiger partial charge < -0.3 is 20.3 Å². The van der Waals surface area contributed by atoms with Crippen molar-refractivity contribution in [2.24, 2.45) is 11.7 Å². The first-order valence-corrected chi connectivity index (χ1v) is 8.73. The van der Waals surface area contributed by atoms with E-state index in [4.69, 9.17) is 26.8 Å². The number of benzene rings is 2. The molecule has 7 heteroatoms. The van der Waals surface area contributed by atoms with Gasteiger partial charge in [-0.05, 0) is 42.7 Å². The Hall–Kier alpha value is -2.57. The predicted octanol–water partition coefficient (Wildman–Crippen LogP) is 3.75. The summed E-state index contributed by atoms with van der Waals surface area (Å²) in [6.45, 7) is 5.46. The molecule has 1 atom stereocenters. The van der Waals surface area contributed by atoms with Gasteiger partial charge in [-0.2, -0.15) is 0 Å². The van der Waals surface area contributed by atoms with Crippen molar-refractivity contribution in [1.82, 2.24) is 0 Å². The number of halogens is 1. The average Bonchev–Trinajstić information content (AvgIpc) is 2.62. The van der Waals surface area contributed by atoms with E-state index in [1.165, 1.54) is 31.4 Å². The number of phenolic OH excluding ortho intramolecular Hbond substituents is 1. The lowest BCUT2D eigenvalue weighted by atomic mass is 9.96. The van der Waals surface area contributed by atoms with E-state index in [9.17, 15) is 14.7 Å². The molecule has 27 heavy (non-hydrogen) atoms. The highest BCUT2D eigenvalue weighted by Gasteiger charge is 2.22. The highest BCUT2D eigenvalue weighted by molar-refractivity contribution is 6.35. The minimum atomic E-state index is -0.758. The second-order valence-electron chi connectivity index (χ2n) is 6.48. The number of aromatic hydroxyl groups is 1. The Kier molecular flexibility index (Phi) is 6.46. The Labute approximate surface area is 162 Å². The molecule has 0 fully saturated rings. The second kappa shape index (κ2) is 8.41. The summed E-state index contributed by atoms with van der Waals surface area (Å²) in [7, 11) is 1.45. The summed E-state index contributed by atoms with van der Waals surface area (Å²) in [5, 5.41) is 10.3. The van der Waals surface area contributed by atoms with Gasteiger partial charge in [-0.15, -0.1) is 0 Å². The highest BCUT2D eigenvalue weighted by atomic mass is 35.5. The zero-order chi connectivity index (χ0) is 20.3. The topological polar surface area (TPSA) is 98.9 Å². The highest BCUT2D eigenvalue weighted by Crippen LogP contribution is 2.34. The van der Waals surface area contributed by atoms with E-state index in [0.29, 0.717) is 5.75 Å². The van der Waals surface area contributed by atoms with Gasteiger partial charge in [-0.3, -0.25) is 4.79 Å². The fourth-order valence-electron chi connectivity index (χ4n) is 2.47. The minimum Gasteiger partial charge on any atom is -0.504 e. The molecule has 1 unspecified atom stereocenters. The Morgan fingerprint density at radius 1 is 1.19 bits per heavy atom. The monoisotopic (exact) mass is 391 g/mol. The Morgan fingerprint density at radius 2 is 1.85 bits per heavy atom. The van der Waals surface area contributed by atoms with Crippen molar-refractivity contribution in [2.75, 3.05) is 7.11 Å². The van der Waals surface area contributed by atoms with Crippen LogP contribution in [0.3, 0.4) is 0 Å². The fraction of sp³-hybridized carbons (Fsp3) is 0.300. The summed E-state index contributed by atoms with van der Waals surface area (Å²) >= 11 is 6.20. The number of ether oxygens (including phenoxy) is 2. The molecule has 0 saturated carbocycles. The van der Waals surface area contributed by atoms with Crippen LogP contribution in [0.2, 0.25) is 5.02 Å². The van der Waals surface area contributed by atoms with Crippen LogP contribution in [-0.2, 0) is 0 Å². The molecule has 0 spiro atoms. The van der Waals surface area contributed by atoms with Gasteiger partial charge in [0.15, 0.2) is 17.3 Å². The van der Waals surface area contributed by atoms with Crippen molar-refractivity contribution in [1.29, 1.82) is 0 Å². The van der Waals surface area contributed by atoms with Crippen LogP contribution in [0.5, 0.6) is 17.2 Å². The van der Waals surface area contributed by atoms with Crippen LogP contribution in [0.1, 0.15) is 40.1 Å². The van der Waals surface area contributed by atoms with Crippen LogP contribution in [0, 0.1) is 12.8 Å². The first-order valence-electron chi connectivity index (χ1n) is 8.35. The Bertz CT molecular complexity index is 879. The van der Waals surface area contributed by atoms with Crippen LogP contribution >= 0.6 is 11.6 Å². The molecule has 0 radical (unpaired) electrons. The number of esters is 1. The third-order valence-electron chi connectivity index (χ3n) is 4.19. The summed E-state index contributed by atoms with van der Waals surface area (Å²) < 4.78 is 10.4. The molecular weight excluding hydrogens is 370 g/mol. The first kappa shape index (κ1) is 20.7. The number of carbonyl (C=O) groups excluding carboxylic acids is 2. The lowest BCUT2D eigenvalue weighted by Gasteiger charge is -2.15. The molecule has 3 N–H and O–H groups in total. The maximum Gasteiger partial charge on any atom is 0.345 e. The number of hydrogen-bond acceptors (Lipinski definition) is 6. The molecule has 144 valence electrons. The van der Waals surface area contributed by atoms with Crippen LogP contribution in [0.25, 0.3) is 0 Å². The van der Waals surface area contributed by atoms with Crippen molar-refractivity contribution >= 4 is 23.4 Å². The molecule has 0 aromatic heterocycles. The summed E-state index contributed by atoms with van der Waals surface area (Å²) in [6.07, 6.45) is 0. The van der Waals surface area contributed by atoms with E-state index >= 15 is 0 Å². The van der Waals surface area contributed by atoms with E-state index in [2.05, 4.69) is 0 Å². The lowest BCUT2D eigenvalue weighted by Crippen LogP contribution is -2.35. The van der Waals surface area contributed by atoms with Gasteiger partial charge in [0.2, 0.25) is 0 Å². The average molecular weight is 392 g/mol. The Balaban J connectivity index is 2.26. The molecule has 0 saturated heterocycles. The molecule has 0 heterocycles. The summed E-state index contributed by atoms with van der Waals surface area (Å²) in [6, 6.07) is 6.52. The first-order chi connectivity index (χ1) is 12.7. The maximum atomic E-state index is 12.4. The van der Waals surface area contributed by atoms with E-state index in [1.807, 2.05) is 13.8 Å². The predicted molar refractivity (Wildman–Crippen MR) is 103 cm³/mol. The fourth-order valence-corrected chi connectivity index (χ4v) is 2.83. The van der Waals surface area contributed by atoms with Gasteiger partial charge in [0.25, 0.3) is 0 Å². The second-order valence-corrected chi connectivity index (χ2v) is 6.86. The third kappa shape index (κ3) is 4.40. The quantitative estimate of drug-likeness (QED) is 0.442. The number of phenols is 1. The van der Waals surface area contributed by atoms with Crippen LogP contribution in [0.15, 0.2) is 30.3 Å². The van der Waals surface area contributed by atoms with Crippen molar-refractivity contribution in [3.05, 3.63) is 52.0 Å². The van der Waals surface area contributed by atoms with E-state index in [-0.39, 0.29) is 39.3 Å². The van der Waals surface area contributed by atoms with Crippen LogP contribution < -0.4 is 15.2 Å². The molecule has 6 nitrogen and oxygen atoms in total. The van der Waals surface area contributed by atoms with Gasteiger partial charge in [-0.1, -0.05) is 31.5 Å². The molecule has 2 rings (SSSR count). The smallest absolute Gasteiger partial charge is 0.345 e. The van der Waals surface area contributed by atoms with Crippen molar-refractivity contribution < 1.29 is 24.2 Å². The van der Waals surface area contributed by atoms with Gasteiger partial charge in [0.05, 0.1) is 23.7 Å². The van der Waals surface area contributed by atoms with E-state index in [1.54, 1.807) is 13.0 Å². The number of hydrogen-bond donors (Lipinski definition) is 2. The van der Waals surface area contributed by atoms with Gasteiger partial charge in [0, 0.05) is 5.56 Å². The zero-order valence-corrected chi connectivity index (χ0v) is 16.3. The molecule has 0 aliphatic rings. The molecule has 2 aromatic rings. The van der Waals surface area contributed by atoms with Crippen LogP contribution in [-0.4, -0.2) is 30.0 Å². The molecule has 0 bridgehead atoms. The number of ketones is 1. The Morgan fingerprint density at radius 3 is 2.41 bits per heavy atom. The number of Topliss-reactive ketones (excluding diaryl/α,β-unsaturated/α-hetero) is 1. The van der Waals surface area contributed by atoms with E-state index in [0.717, 1.165) is 5.56 Å². The standard InChI is InChI=1S/C20H22ClNO5/c1-10(2)17(22)18(24)12-6-8-15(14(23)9-12)27-20(25)13-7-5-11(3)19(26-4)16(13)21/h5-10,17,23H,22H2,1-4H3. The summed E-state index contributed by atoms with van der Waals surface area (Å²) in [5.41, 5.74) is 6.96. The third-order valence-corrected chi connectivity index (χ3v) is 4.56. The van der Waals surface area contributed by atoms with Gasteiger partial charge in [-0.25, -0.2) is 4.79 Å². The summed E-state index contributed by atoms with van der Waals surface area (Å²) in [5.74, 6) is -1.17. The number of aryl methyl sites for hydroxylation is 1. The van der Waals surface area contributed by atoms with E-state index < -0.39 is 12.0 Å². The molecule has 0 aliphatic heterocycles. The molecular formula is C20H22ClNO5. The van der Waals surface area contributed by atoms with Crippen LogP contribution in [0.4, 0.5) is 0 Å². The zero-order valence-electron chi connectivity index (χ0n) is 15.6. The SMILES string of the molecule is COc1c(C)ccc(C(=O)Oc2ccc(C(=O)C(N)C(C)C)cc2O)c1Cl. The molecule has 0 amide bonds. The number of carbonyl (C=O) groups is 2. The lowest BCUT2D eigenvalue weighted by molar-refractivity contribution is 0.0729. The minimum absolute atomic E-state index is 0.0455. The van der Waals surface area contributed by atoms with Crippen molar-refractivity contribution in [2.45, 2.75) is 26.8 Å². The summed E-state index contributed by atoms with van der Waals surface area (Å²) in [4.78, 5) is 24.7.